The number of rotatable bonds is 4. The van der Waals surface area contributed by atoms with E-state index in [1.807, 2.05) is 24.3 Å². The molecular weight excluding hydrogens is 411 g/mol. The van der Waals surface area contributed by atoms with Crippen LogP contribution in [0.25, 0.3) is 0 Å². The number of nitrogens with one attached hydrogen (secondary N) is 1. The Labute approximate surface area is 172 Å². The summed E-state index contributed by atoms with van der Waals surface area (Å²) < 4.78 is 0. The molecular formula is C18H17Cl3N4O2. The van der Waals surface area contributed by atoms with Crippen LogP contribution in [0.5, 0.6) is 0 Å². The van der Waals surface area contributed by atoms with Crippen LogP contribution >= 0.6 is 34.8 Å². The molecule has 1 fully saturated rings. The van der Waals surface area contributed by atoms with Crippen LogP contribution in [0.4, 0.5) is 5.69 Å². The molecule has 27 heavy (non-hydrogen) atoms. The van der Waals surface area contributed by atoms with Crippen molar-refractivity contribution in [3.63, 3.8) is 0 Å². The summed E-state index contributed by atoms with van der Waals surface area (Å²) in [6, 6.07) is 10.6. The first-order valence-electron chi connectivity index (χ1n) is 8.32. The van der Waals surface area contributed by atoms with E-state index in [-0.39, 0.29) is 28.3 Å². The maximum Gasteiger partial charge on any atom is 0.271 e. The molecule has 0 bridgehead atoms. The lowest BCUT2D eigenvalue weighted by Crippen LogP contribution is -2.51. The van der Waals surface area contributed by atoms with Crippen LogP contribution in [-0.2, 0) is 4.79 Å². The van der Waals surface area contributed by atoms with E-state index in [4.69, 9.17) is 34.8 Å². The lowest BCUT2D eigenvalue weighted by Gasteiger charge is -2.36. The number of benzene rings is 1. The fraction of sp³-hybridized carbons (Fsp3) is 0.278. The molecule has 2 aromatic rings. The van der Waals surface area contributed by atoms with Crippen molar-refractivity contribution < 1.29 is 9.59 Å². The van der Waals surface area contributed by atoms with Gasteiger partial charge in [-0.3, -0.25) is 9.59 Å². The molecule has 6 nitrogen and oxygen atoms in total. The quantitative estimate of drug-likeness (QED) is 0.762. The minimum atomic E-state index is -0.534. The third kappa shape index (κ3) is 5.03. The Morgan fingerprint density at radius 3 is 2.48 bits per heavy atom. The molecule has 3 rings (SSSR count). The normalized spacial score (nSPS) is 14.2. The summed E-state index contributed by atoms with van der Waals surface area (Å²) in [4.78, 5) is 32.3. The molecule has 2 amide bonds. The number of anilines is 1. The first-order chi connectivity index (χ1) is 12.9. The molecule has 2 heterocycles. The Morgan fingerprint density at radius 1 is 1.04 bits per heavy atom. The molecule has 0 atom stereocenters. The van der Waals surface area contributed by atoms with Gasteiger partial charge in [-0.1, -0.05) is 40.9 Å². The van der Waals surface area contributed by atoms with Crippen molar-refractivity contribution in [3.8, 4) is 0 Å². The SMILES string of the molecule is O=C(NCC(=O)N1CCN(c2cccc(Cl)c2)CC1)c1nc(Cl)ccc1Cl. The molecule has 0 unspecified atom stereocenters. The van der Waals surface area contributed by atoms with E-state index in [9.17, 15) is 9.59 Å². The summed E-state index contributed by atoms with van der Waals surface area (Å²) >= 11 is 17.8. The maximum absolute atomic E-state index is 12.4. The van der Waals surface area contributed by atoms with E-state index in [0.717, 1.165) is 5.69 Å². The average molecular weight is 428 g/mol. The Bertz CT molecular complexity index is 854. The van der Waals surface area contributed by atoms with Gasteiger partial charge in [0, 0.05) is 36.9 Å². The molecule has 0 aliphatic carbocycles. The summed E-state index contributed by atoms with van der Waals surface area (Å²) in [5, 5.41) is 3.57. The third-order valence-electron chi connectivity index (χ3n) is 4.23. The predicted octanol–water partition coefficient (Wildman–Crippen LogP) is 3.12. The van der Waals surface area contributed by atoms with Crippen LogP contribution in [-0.4, -0.2) is 54.4 Å². The number of pyridine rings is 1. The second kappa shape index (κ2) is 8.78. The van der Waals surface area contributed by atoms with E-state index >= 15 is 0 Å². The average Bonchev–Trinajstić information content (AvgIpc) is 2.68. The van der Waals surface area contributed by atoms with Gasteiger partial charge in [0.15, 0.2) is 0 Å². The van der Waals surface area contributed by atoms with Crippen LogP contribution in [0.1, 0.15) is 10.5 Å². The predicted molar refractivity (Wildman–Crippen MR) is 107 cm³/mol. The standard InChI is InChI=1S/C18H17Cl3N4O2/c19-12-2-1-3-13(10-12)24-6-8-25(9-7-24)16(26)11-22-18(27)17-14(20)4-5-15(21)23-17/h1-5,10H,6-9,11H2,(H,22,27). The number of aromatic nitrogens is 1. The van der Waals surface area contributed by atoms with E-state index in [1.54, 1.807) is 4.90 Å². The second-order valence-corrected chi connectivity index (χ2v) is 7.23. The highest BCUT2D eigenvalue weighted by Crippen LogP contribution is 2.21. The molecule has 1 aromatic carbocycles. The Hall–Kier alpha value is -2.02. The van der Waals surface area contributed by atoms with Gasteiger partial charge in [-0.25, -0.2) is 4.98 Å². The minimum Gasteiger partial charge on any atom is -0.368 e. The van der Waals surface area contributed by atoms with Crippen LogP contribution < -0.4 is 10.2 Å². The number of hydrogen-bond donors (Lipinski definition) is 1. The lowest BCUT2D eigenvalue weighted by atomic mass is 10.2. The van der Waals surface area contributed by atoms with Crippen LogP contribution in [0.3, 0.4) is 0 Å². The number of amides is 2. The molecule has 1 aromatic heterocycles. The van der Waals surface area contributed by atoms with E-state index < -0.39 is 5.91 Å². The summed E-state index contributed by atoms with van der Waals surface area (Å²) in [5.74, 6) is -0.694. The Kier molecular flexibility index (Phi) is 6.42. The number of hydrogen-bond acceptors (Lipinski definition) is 4. The van der Waals surface area contributed by atoms with Crippen molar-refractivity contribution in [2.24, 2.45) is 0 Å². The van der Waals surface area contributed by atoms with Gasteiger partial charge in [0.25, 0.3) is 5.91 Å². The lowest BCUT2D eigenvalue weighted by molar-refractivity contribution is -0.130. The highest BCUT2D eigenvalue weighted by molar-refractivity contribution is 6.34. The van der Waals surface area contributed by atoms with E-state index in [2.05, 4.69) is 15.2 Å². The van der Waals surface area contributed by atoms with Crippen molar-refractivity contribution in [3.05, 3.63) is 57.3 Å². The molecule has 0 spiro atoms. The van der Waals surface area contributed by atoms with Gasteiger partial charge >= 0.3 is 0 Å². The summed E-state index contributed by atoms with van der Waals surface area (Å²) in [7, 11) is 0. The molecule has 0 radical (unpaired) electrons. The maximum atomic E-state index is 12.4. The van der Waals surface area contributed by atoms with Gasteiger partial charge < -0.3 is 15.1 Å². The van der Waals surface area contributed by atoms with Crippen LogP contribution in [0.15, 0.2) is 36.4 Å². The van der Waals surface area contributed by atoms with Gasteiger partial charge in [-0.05, 0) is 30.3 Å². The van der Waals surface area contributed by atoms with Crippen molar-refractivity contribution in [2.45, 2.75) is 0 Å². The molecule has 1 aliphatic heterocycles. The fourth-order valence-corrected chi connectivity index (χ4v) is 3.34. The van der Waals surface area contributed by atoms with Crippen molar-refractivity contribution in [1.29, 1.82) is 0 Å². The van der Waals surface area contributed by atoms with Crippen molar-refractivity contribution in [1.82, 2.24) is 15.2 Å². The first kappa shape index (κ1) is 19.7. The monoisotopic (exact) mass is 426 g/mol. The van der Waals surface area contributed by atoms with Gasteiger partial charge in [0.05, 0.1) is 11.6 Å². The first-order valence-corrected chi connectivity index (χ1v) is 9.46. The topological polar surface area (TPSA) is 65.5 Å². The van der Waals surface area contributed by atoms with Crippen molar-refractivity contribution >= 4 is 52.3 Å². The Balaban J connectivity index is 1.51. The number of carbonyl (C=O) groups is 2. The summed E-state index contributed by atoms with van der Waals surface area (Å²) in [6.45, 7) is 2.40. The summed E-state index contributed by atoms with van der Waals surface area (Å²) in [5.41, 5.74) is 1.03. The van der Waals surface area contributed by atoms with Gasteiger partial charge in [-0.15, -0.1) is 0 Å². The van der Waals surface area contributed by atoms with E-state index in [0.29, 0.717) is 31.2 Å². The molecule has 1 saturated heterocycles. The van der Waals surface area contributed by atoms with Gasteiger partial charge in [0.1, 0.15) is 10.8 Å². The second-order valence-electron chi connectivity index (χ2n) is 5.99. The molecule has 1 aliphatic rings. The van der Waals surface area contributed by atoms with Crippen LogP contribution in [0.2, 0.25) is 15.2 Å². The van der Waals surface area contributed by atoms with Crippen LogP contribution in [0, 0.1) is 0 Å². The third-order valence-corrected chi connectivity index (χ3v) is 4.98. The zero-order chi connectivity index (χ0) is 19.4. The number of halogens is 3. The Morgan fingerprint density at radius 2 is 1.78 bits per heavy atom. The molecule has 1 N–H and O–H groups in total. The number of carbonyl (C=O) groups excluding carboxylic acids is 2. The van der Waals surface area contributed by atoms with Gasteiger partial charge in [0.2, 0.25) is 5.91 Å². The highest BCUT2D eigenvalue weighted by Gasteiger charge is 2.22. The minimum absolute atomic E-state index is 0.00254. The largest absolute Gasteiger partial charge is 0.368 e. The molecule has 0 saturated carbocycles. The summed E-state index contributed by atoms with van der Waals surface area (Å²) in [6.07, 6.45) is 0. The molecule has 9 heteroatoms. The molecule has 142 valence electrons. The highest BCUT2D eigenvalue weighted by atomic mass is 35.5. The van der Waals surface area contributed by atoms with Gasteiger partial charge in [-0.2, -0.15) is 0 Å². The van der Waals surface area contributed by atoms with Crippen molar-refractivity contribution in [2.75, 3.05) is 37.6 Å². The smallest absolute Gasteiger partial charge is 0.271 e. The number of nitrogens with zero attached hydrogens (tertiary/aromatic N) is 3. The van der Waals surface area contributed by atoms with E-state index in [1.165, 1.54) is 12.1 Å². The zero-order valence-electron chi connectivity index (χ0n) is 14.3. The zero-order valence-corrected chi connectivity index (χ0v) is 16.6. The fourth-order valence-electron chi connectivity index (χ4n) is 2.82. The number of piperazine rings is 1.